The van der Waals surface area contributed by atoms with Crippen LogP contribution in [0.1, 0.15) is 40.5 Å². The second-order valence-corrected chi connectivity index (χ2v) is 6.87. The SMILES string of the molecule is Cc1cscc1CNc1nc2c(s1)CCCC2C(=O)O. The summed E-state index contributed by atoms with van der Waals surface area (Å²) >= 11 is 3.30. The number of carboxylic acid groups (broad SMARTS) is 1. The van der Waals surface area contributed by atoms with Crippen molar-refractivity contribution >= 4 is 33.8 Å². The lowest BCUT2D eigenvalue weighted by Gasteiger charge is -2.16. The lowest BCUT2D eigenvalue weighted by Crippen LogP contribution is -2.17. The molecule has 1 unspecified atom stereocenters. The molecule has 3 rings (SSSR count). The molecule has 0 radical (unpaired) electrons. The molecule has 2 N–H and O–H groups in total. The van der Waals surface area contributed by atoms with Crippen LogP contribution in [0.25, 0.3) is 0 Å². The zero-order valence-corrected chi connectivity index (χ0v) is 12.8. The number of fused-ring (bicyclic) bond motifs is 1. The van der Waals surface area contributed by atoms with Gasteiger partial charge in [-0.3, -0.25) is 4.79 Å². The molecule has 6 heteroatoms. The normalized spacial score (nSPS) is 17.8. The molecule has 0 aliphatic heterocycles. The number of thiazole rings is 1. The molecule has 0 saturated heterocycles. The van der Waals surface area contributed by atoms with Gasteiger partial charge in [0.1, 0.15) is 5.92 Å². The average Bonchev–Trinajstić information content (AvgIpc) is 3.01. The molecule has 1 aliphatic rings. The average molecular weight is 308 g/mol. The molecular formula is C14H16N2O2S2. The minimum atomic E-state index is -0.753. The van der Waals surface area contributed by atoms with Crippen molar-refractivity contribution < 1.29 is 9.90 Å². The Morgan fingerprint density at radius 2 is 2.40 bits per heavy atom. The number of nitrogens with one attached hydrogen (secondary N) is 1. The van der Waals surface area contributed by atoms with Gasteiger partial charge >= 0.3 is 5.97 Å². The van der Waals surface area contributed by atoms with Crippen molar-refractivity contribution in [2.45, 2.75) is 38.6 Å². The van der Waals surface area contributed by atoms with Gasteiger partial charge in [0, 0.05) is 11.4 Å². The lowest BCUT2D eigenvalue weighted by molar-refractivity contribution is -0.139. The minimum absolute atomic E-state index is 0.423. The highest BCUT2D eigenvalue weighted by Crippen LogP contribution is 2.37. The van der Waals surface area contributed by atoms with Gasteiger partial charge in [0.25, 0.3) is 0 Å². The molecule has 2 aromatic heterocycles. The number of anilines is 1. The van der Waals surface area contributed by atoms with Gasteiger partial charge < -0.3 is 10.4 Å². The fourth-order valence-electron chi connectivity index (χ4n) is 2.47. The first-order valence-corrected chi connectivity index (χ1v) is 8.39. The van der Waals surface area contributed by atoms with Crippen LogP contribution in [-0.2, 0) is 17.8 Å². The van der Waals surface area contributed by atoms with E-state index in [2.05, 4.69) is 28.0 Å². The number of carboxylic acids is 1. The van der Waals surface area contributed by atoms with Crippen molar-refractivity contribution in [2.24, 2.45) is 0 Å². The topological polar surface area (TPSA) is 62.2 Å². The number of aromatic nitrogens is 1. The van der Waals surface area contributed by atoms with Crippen molar-refractivity contribution in [1.29, 1.82) is 0 Å². The fourth-order valence-corrected chi connectivity index (χ4v) is 4.39. The Morgan fingerprint density at radius 3 is 3.10 bits per heavy atom. The van der Waals surface area contributed by atoms with Gasteiger partial charge in [-0.15, -0.1) is 11.3 Å². The first-order valence-electron chi connectivity index (χ1n) is 6.63. The minimum Gasteiger partial charge on any atom is -0.481 e. The molecule has 0 saturated carbocycles. The Kier molecular flexibility index (Phi) is 3.76. The molecule has 1 atom stereocenters. The number of hydrogen-bond donors (Lipinski definition) is 2. The standard InChI is InChI=1S/C14H16N2O2S2/c1-8-6-19-7-9(8)5-15-14-16-12-10(13(17)18)3-2-4-11(12)20-14/h6-7,10H,2-5H2,1H3,(H,15,16)(H,17,18). The summed E-state index contributed by atoms with van der Waals surface area (Å²) in [5.74, 6) is -1.18. The van der Waals surface area contributed by atoms with Crippen LogP contribution in [0.15, 0.2) is 10.8 Å². The van der Waals surface area contributed by atoms with Crippen LogP contribution < -0.4 is 5.32 Å². The summed E-state index contributed by atoms with van der Waals surface area (Å²) in [7, 11) is 0. The van der Waals surface area contributed by atoms with E-state index in [1.807, 2.05) is 0 Å². The Hall–Kier alpha value is -1.40. The summed E-state index contributed by atoms with van der Waals surface area (Å²) in [5, 5.41) is 17.7. The zero-order chi connectivity index (χ0) is 14.1. The highest BCUT2D eigenvalue weighted by Gasteiger charge is 2.29. The Labute approximate surface area is 125 Å². The number of aliphatic carboxylic acids is 1. The maximum Gasteiger partial charge on any atom is 0.312 e. The second-order valence-electron chi connectivity index (χ2n) is 5.04. The van der Waals surface area contributed by atoms with Gasteiger partial charge in [-0.25, -0.2) is 4.98 Å². The van der Waals surface area contributed by atoms with Crippen LogP contribution in [0, 0.1) is 6.92 Å². The van der Waals surface area contributed by atoms with E-state index in [4.69, 9.17) is 0 Å². The molecule has 1 aliphatic carbocycles. The molecule has 0 bridgehead atoms. The van der Waals surface area contributed by atoms with Crippen LogP contribution in [0.3, 0.4) is 0 Å². The van der Waals surface area contributed by atoms with Crippen LogP contribution in [-0.4, -0.2) is 16.1 Å². The number of aryl methyl sites for hydroxylation is 2. The first kappa shape index (κ1) is 13.6. The lowest BCUT2D eigenvalue weighted by atomic mass is 9.91. The highest BCUT2D eigenvalue weighted by molar-refractivity contribution is 7.15. The molecule has 106 valence electrons. The summed E-state index contributed by atoms with van der Waals surface area (Å²) in [6.45, 7) is 2.85. The van der Waals surface area contributed by atoms with E-state index in [0.717, 1.165) is 35.1 Å². The quantitative estimate of drug-likeness (QED) is 0.905. The Morgan fingerprint density at radius 1 is 1.55 bits per heavy atom. The molecule has 0 spiro atoms. The van der Waals surface area contributed by atoms with E-state index in [1.54, 1.807) is 22.7 Å². The van der Waals surface area contributed by atoms with E-state index >= 15 is 0 Å². The number of hydrogen-bond acceptors (Lipinski definition) is 5. The fraction of sp³-hybridized carbons (Fsp3) is 0.429. The first-order chi connectivity index (χ1) is 9.65. The van der Waals surface area contributed by atoms with Gasteiger partial charge in [-0.1, -0.05) is 0 Å². The smallest absolute Gasteiger partial charge is 0.312 e. The van der Waals surface area contributed by atoms with E-state index in [0.29, 0.717) is 6.42 Å². The number of thiophene rings is 1. The second kappa shape index (κ2) is 5.54. The monoisotopic (exact) mass is 308 g/mol. The third-order valence-corrected chi connectivity index (χ3v) is 5.64. The van der Waals surface area contributed by atoms with Crippen LogP contribution in [0.4, 0.5) is 5.13 Å². The van der Waals surface area contributed by atoms with Crippen LogP contribution in [0.2, 0.25) is 0 Å². The molecule has 4 nitrogen and oxygen atoms in total. The van der Waals surface area contributed by atoms with E-state index < -0.39 is 11.9 Å². The number of rotatable bonds is 4. The van der Waals surface area contributed by atoms with Crippen molar-refractivity contribution in [2.75, 3.05) is 5.32 Å². The molecular weight excluding hydrogens is 292 g/mol. The van der Waals surface area contributed by atoms with E-state index in [1.165, 1.54) is 11.1 Å². The number of nitrogens with zero attached hydrogens (tertiary/aromatic N) is 1. The largest absolute Gasteiger partial charge is 0.481 e. The van der Waals surface area contributed by atoms with Gasteiger partial charge in [0.2, 0.25) is 0 Å². The molecule has 0 amide bonds. The van der Waals surface area contributed by atoms with E-state index in [9.17, 15) is 9.90 Å². The van der Waals surface area contributed by atoms with Crippen LogP contribution in [0.5, 0.6) is 0 Å². The third-order valence-electron chi connectivity index (χ3n) is 3.64. The van der Waals surface area contributed by atoms with Gasteiger partial charge in [-0.05, 0) is 48.1 Å². The predicted molar refractivity (Wildman–Crippen MR) is 81.8 cm³/mol. The predicted octanol–water partition coefficient (Wildman–Crippen LogP) is 3.63. The molecule has 0 aromatic carbocycles. The number of carbonyl (C=O) groups is 1. The Bertz CT molecular complexity index is 633. The van der Waals surface area contributed by atoms with Crippen molar-refractivity contribution in [3.63, 3.8) is 0 Å². The highest BCUT2D eigenvalue weighted by atomic mass is 32.1. The van der Waals surface area contributed by atoms with Crippen molar-refractivity contribution in [3.8, 4) is 0 Å². The van der Waals surface area contributed by atoms with E-state index in [-0.39, 0.29) is 0 Å². The Balaban J connectivity index is 1.76. The molecule has 0 fully saturated rings. The molecule has 2 aromatic rings. The van der Waals surface area contributed by atoms with Crippen molar-refractivity contribution in [3.05, 3.63) is 32.5 Å². The third kappa shape index (κ3) is 2.58. The summed E-state index contributed by atoms with van der Waals surface area (Å²) in [5.41, 5.74) is 3.34. The maximum atomic E-state index is 11.3. The van der Waals surface area contributed by atoms with Gasteiger partial charge in [-0.2, -0.15) is 11.3 Å². The molecule has 20 heavy (non-hydrogen) atoms. The van der Waals surface area contributed by atoms with Crippen molar-refractivity contribution in [1.82, 2.24) is 4.98 Å². The zero-order valence-electron chi connectivity index (χ0n) is 11.2. The summed E-state index contributed by atoms with van der Waals surface area (Å²) in [6.07, 6.45) is 2.60. The summed E-state index contributed by atoms with van der Waals surface area (Å²) < 4.78 is 0. The molecule has 2 heterocycles. The summed E-state index contributed by atoms with van der Waals surface area (Å²) in [4.78, 5) is 16.9. The maximum absolute atomic E-state index is 11.3. The van der Waals surface area contributed by atoms with Gasteiger partial charge in [0.05, 0.1) is 5.69 Å². The summed E-state index contributed by atoms with van der Waals surface area (Å²) in [6, 6.07) is 0. The van der Waals surface area contributed by atoms with Crippen LogP contribution >= 0.6 is 22.7 Å². The van der Waals surface area contributed by atoms with Gasteiger partial charge in [0.15, 0.2) is 5.13 Å².